The first-order valence-corrected chi connectivity index (χ1v) is 7.71. The molecule has 0 radical (unpaired) electrons. The first-order valence-electron chi connectivity index (χ1n) is 7.71. The van der Waals surface area contributed by atoms with Gasteiger partial charge in [0.05, 0.1) is 11.0 Å². The van der Waals surface area contributed by atoms with Gasteiger partial charge in [-0.2, -0.15) is 0 Å². The van der Waals surface area contributed by atoms with E-state index in [0.29, 0.717) is 6.42 Å². The summed E-state index contributed by atoms with van der Waals surface area (Å²) < 4.78 is 2.09. The van der Waals surface area contributed by atoms with E-state index >= 15 is 0 Å². The van der Waals surface area contributed by atoms with E-state index < -0.39 is 0 Å². The molecule has 4 rings (SSSR count). The monoisotopic (exact) mass is 303 g/mol. The summed E-state index contributed by atoms with van der Waals surface area (Å²) >= 11 is 0. The van der Waals surface area contributed by atoms with Crippen molar-refractivity contribution < 1.29 is 5.11 Å². The molecule has 0 fully saturated rings. The van der Waals surface area contributed by atoms with E-state index in [1.54, 1.807) is 0 Å². The van der Waals surface area contributed by atoms with Gasteiger partial charge in [0.1, 0.15) is 5.52 Å². The fourth-order valence-corrected chi connectivity index (χ4v) is 2.90. The molecule has 2 heterocycles. The van der Waals surface area contributed by atoms with Crippen LogP contribution in [0.3, 0.4) is 0 Å². The van der Waals surface area contributed by atoms with Gasteiger partial charge >= 0.3 is 0 Å². The zero-order chi connectivity index (χ0) is 15.8. The summed E-state index contributed by atoms with van der Waals surface area (Å²) in [6.07, 6.45) is 0.572. The molecule has 23 heavy (non-hydrogen) atoms. The highest BCUT2D eigenvalue weighted by Crippen LogP contribution is 2.24. The third-order valence-electron chi connectivity index (χ3n) is 4.04. The summed E-state index contributed by atoms with van der Waals surface area (Å²) in [5.74, 6) is 0. The summed E-state index contributed by atoms with van der Waals surface area (Å²) in [6.45, 7) is 2.17. The number of nitrogens with zero attached hydrogens (tertiary/aromatic N) is 3. The van der Waals surface area contributed by atoms with E-state index in [-0.39, 0.29) is 6.61 Å². The minimum atomic E-state index is 0.0989. The molecular weight excluding hydrogens is 286 g/mol. The van der Waals surface area contributed by atoms with Crippen LogP contribution in [-0.4, -0.2) is 26.2 Å². The van der Waals surface area contributed by atoms with Crippen molar-refractivity contribution in [2.45, 2.75) is 13.3 Å². The molecule has 4 heteroatoms. The minimum Gasteiger partial charge on any atom is -0.396 e. The number of hydrogen-bond donors (Lipinski definition) is 1. The number of aliphatic hydroxyl groups excluding tert-OH is 1. The Labute approximate surface area is 134 Å². The smallest absolute Gasteiger partial charge is 0.164 e. The largest absolute Gasteiger partial charge is 0.396 e. The second-order valence-electron chi connectivity index (χ2n) is 5.70. The number of hydrogen-bond acceptors (Lipinski definition) is 3. The van der Waals surface area contributed by atoms with Crippen LogP contribution < -0.4 is 0 Å². The Bertz CT molecular complexity index is 987. The molecular formula is C19H17N3O. The molecule has 0 aliphatic carbocycles. The van der Waals surface area contributed by atoms with Crippen LogP contribution in [0.15, 0.2) is 54.6 Å². The van der Waals surface area contributed by atoms with E-state index in [4.69, 9.17) is 9.97 Å². The Morgan fingerprint density at radius 3 is 2.30 bits per heavy atom. The maximum absolute atomic E-state index is 9.40. The third kappa shape index (κ3) is 2.37. The first-order chi connectivity index (χ1) is 11.3. The highest BCUT2D eigenvalue weighted by molar-refractivity contribution is 5.86. The summed E-state index contributed by atoms with van der Waals surface area (Å²) in [6, 6.07) is 18.2. The Balaban J connectivity index is 2.04. The number of aryl methyl sites for hydroxylation is 1. The van der Waals surface area contributed by atoms with Gasteiger partial charge in [0, 0.05) is 24.4 Å². The molecule has 0 unspecified atom stereocenters. The Morgan fingerprint density at radius 1 is 0.913 bits per heavy atom. The number of rotatable bonds is 3. The van der Waals surface area contributed by atoms with Gasteiger partial charge in [-0.05, 0) is 37.3 Å². The molecule has 0 atom stereocenters. The molecule has 2 aromatic heterocycles. The fraction of sp³-hybridized carbons (Fsp3) is 0.158. The molecule has 0 aliphatic heterocycles. The minimum absolute atomic E-state index is 0.0989. The highest BCUT2D eigenvalue weighted by Gasteiger charge is 2.13. The maximum atomic E-state index is 9.40. The maximum Gasteiger partial charge on any atom is 0.164 e. The van der Waals surface area contributed by atoms with E-state index in [9.17, 15) is 5.11 Å². The van der Waals surface area contributed by atoms with Crippen molar-refractivity contribution in [1.82, 2.24) is 14.5 Å². The van der Waals surface area contributed by atoms with Crippen LogP contribution in [0.4, 0.5) is 0 Å². The second kappa shape index (κ2) is 5.48. The van der Waals surface area contributed by atoms with Gasteiger partial charge < -0.3 is 5.11 Å². The molecule has 0 aliphatic rings. The van der Waals surface area contributed by atoms with Gasteiger partial charge in [-0.3, -0.25) is 4.57 Å². The van der Waals surface area contributed by atoms with Crippen molar-refractivity contribution in [3.63, 3.8) is 0 Å². The van der Waals surface area contributed by atoms with Crippen molar-refractivity contribution in [3.05, 3.63) is 65.9 Å². The van der Waals surface area contributed by atoms with Gasteiger partial charge in [0.2, 0.25) is 0 Å². The van der Waals surface area contributed by atoms with Crippen LogP contribution >= 0.6 is 0 Å². The van der Waals surface area contributed by atoms with Crippen LogP contribution in [0.1, 0.15) is 11.3 Å². The number of benzene rings is 2. The Hall–Kier alpha value is -2.72. The van der Waals surface area contributed by atoms with E-state index in [0.717, 1.165) is 33.6 Å². The van der Waals surface area contributed by atoms with Crippen molar-refractivity contribution in [2.24, 2.45) is 0 Å². The summed E-state index contributed by atoms with van der Waals surface area (Å²) in [4.78, 5) is 9.52. The highest BCUT2D eigenvalue weighted by atomic mass is 16.3. The normalized spacial score (nSPS) is 11.4. The predicted octanol–water partition coefficient (Wildman–Crippen LogP) is 3.42. The zero-order valence-corrected chi connectivity index (χ0v) is 12.9. The van der Waals surface area contributed by atoms with Gasteiger partial charge in [0.25, 0.3) is 0 Å². The lowest BCUT2D eigenvalue weighted by atomic mass is 10.2. The molecule has 4 nitrogen and oxygen atoms in total. The van der Waals surface area contributed by atoms with Crippen molar-refractivity contribution in [3.8, 4) is 5.69 Å². The molecule has 114 valence electrons. The number of aromatic nitrogens is 3. The Morgan fingerprint density at radius 2 is 1.61 bits per heavy atom. The van der Waals surface area contributed by atoms with Crippen molar-refractivity contribution in [2.75, 3.05) is 6.61 Å². The standard InChI is InChI=1S/C19H17N3O/c1-13-6-8-14(9-7-13)22-15(10-11-23)12-18-19(22)21-17-5-3-2-4-16(17)20-18/h2-9,12,23H,10-11H2,1H3. The SMILES string of the molecule is Cc1ccc(-n2c(CCO)cc3nc4ccccc4nc32)cc1. The van der Waals surface area contributed by atoms with Crippen LogP contribution in [-0.2, 0) is 6.42 Å². The lowest BCUT2D eigenvalue weighted by Crippen LogP contribution is -2.03. The molecule has 0 bridgehead atoms. The average molecular weight is 303 g/mol. The van der Waals surface area contributed by atoms with Gasteiger partial charge in [-0.25, -0.2) is 9.97 Å². The van der Waals surface area contributed by atoms with Gasteiger partial charge in [-0.15, -0.1) is 0 Å². The number of aliphatic hydroxyl groups is 1. The van der Waals surface area contributed by atoms with Crippen LogP contribution in [0.2, 0.25) is 0 Å². The number of fused-ring (bicyclic) bond motifs is 2. The van der Waals surface area contributed by atoms with Crippen molar-refractivity contribution in [1.29, 1.82) is 0 Å². The van der Waals surface area contributed by atoms with Crippen LogP contribution in [0.25, 0.3) is 27.9 Å². The Kier molecular flexibility index (Phi) is 3.32. The molecule has 0 saturated carbocycles. The van der Waals surface area contributed by atoms with E-state index in [1.807, 2.05) is 30.3 Å². The quantitative estimate of drug-likeness (QED) is 0.631. The molecule has 0 saturated heterocycles. The lowest BCUT2D eigenvalue weighted by Gasteiger charge is -2.10. The first kappa shape index (κ1) is 13.9. The molecule has 0 spiro atoms. The summed E-state index contributed by atoms with van der Waals surface area (Å²) in [5.41, 5.74) is 6.72. The average Bonchev–Trinajstić information content (AvgIpc) is 2.91. The molecule has 2 aromatic carbocycles. The van der Waals surface area contributed by atoms with Gasteiger partial charge in [-0.1, -0.05) is 29.8 Å². The van der Waals surface area contributed by atoms with Gasteiger partial charge in [0.15, 0.2) is 5.65 Å². The predicted molar refractivity (Wildman–Crippen MR) is 91.9 cm³/mol. The molecule has 1 N–H and O–H groups in total. The van der Waals surface area contributed by atoms with E-state index in [2.05, 4.69) is 35.8 Å². The van der Waals surface area contributed by atoms with Crippen molar-refractivity contribution >= 4 is 22.2 Å². The second-order valence-corrected chi connectivity index (χ2v) is 5.70. The zero-order valence-electron chi connectivity index (χ0n) is 12.9. The third-order valence-corrected chi connectivity index (χ3v) is 4.04. The molecule has 0 amide bonds. The lowest BCUT2D eigenvalue weighted by molar-refractivity contribution is 0.297. The van der Waals surface area contributed by atoms with E-state index in [1.165, 1.54) is 5.56 Å². The molecule has 4 aromatic rings. The summed E-state index contributed by atoms with van der Waals surface area (Å²) in [5, 5.41) is 9.40. The summed E-state index contributed by atoms with van der Waals surface area (Å²) in [7, 11) is 0. The fourth-order valence-electron chi connectivity index (χ4n) is 2.90. The van der Waals surface area contributed by atoms with Crippen LogP contribution in [0.5, 0.6) is 0 Å². The topological polar surface area (TPSA) is 50.9 Å². The van der Waals surface area contributed by atoms with Crippen LogP contribution in [0, 0.1) is 6.92 Å². The number of para-hydroxylation sites is 2.